The highest BCUT2D eigenvalue weighted by Gasteiger charge is 2.14. The molecule has 19 heavy (non-hydrogen) atoms. The second kappa shape index (κ2) is 5.48. The van der Waals surface area contributed by atoms with Crippen LogP contribution in [0, 0.1) is 11.6 Å². The van der Waals surface area contributed by atoms with Gasteiger partial charge in [0.2, 0.25) is 0 Å². The Hall–Kier alpha value is -1.76. The van der Waals surface area contributed by atoms with Crippen LogP contribution < -0.4 is 0 Å². The van der Waals surface area contributed by atoms with E-state index in [1.165, 1.54) is 6.07 Å². The van der Waals surface area contributed by atoms with Crippen molar-refractivity contribution in [2.45, 2.75) is 12.8 Å². The van der Waals surface area contributed by atoms with E-state index in [4.69, 9.17) is 5.11 Å². The predicted octanol–water partition coefficient (Wildman–Crippen LogP) is 3.13. The number of nitrogens with zero attached hydrogens (tertiary/aromatic N) is 1. The number of aliphatic carboxylic acids is 1. The van der Waals surface area contributed by atoms with Gasteiger partial charge in [-0.1, -0.05) is 0 Å². The molecule has 2 N–H and O–H groups in total. The van der Waals surface area contributed by atoms with Gasteiger partial charge in [0.15, 0.2) is 11.6 Å². The Morgan fingerprint density at radius 1 is 1.37 bits per heavy atom. The summed E-state index contributed by atoms with van der Waals surface area (Å²) in [6.45, 7) is 0. The molecule has 0 spiro atoms. The number of rotatable bonds is 4. The van der Waals surface area contributed by atoms with Crippen LogP contribution in [0.25, 0.3) is 11.3 Å². The van der Waals surface area contributed by atoms with Gasteiger partial charge >= 0.3 is 5.97 Å². The van der Waals surface area contributed by atoms with Gasteiger partial charge in [0, 0.05) is 12.0 Å². The van der Waals surface area contributed by atoms with Crippen LogP contribution in [0.1, 0.15) is 12.1 Å². The van der Waals surface area contributed by atoms with Gasteiger partial charge in [-0.2, -0.15) is 5.10 Å². The molecule has 4 nitrogen and oxygen atoms in total. The molecule has 0 unspecified atom stereocenters. The van der Waals surface area contributed by atoms with Gasteiger partial charge in [0.1, 0.15) is 5.69 Å². The van der Waals surface area contributed by atoms with Crippen molar-refractivity contribution in [2.75, 3.05) is 0 Å². The van der Waals surface area contributed by atoms with Gasteiger partial charge < -0.3 is 5.11 Å². The first-order valence-electron chi connectivity index (χ1n) is 5.39. The highest BCUT2D eigenvalue weighted by molar-refractivity contribution is 9.10. The smallest absolute Gasteiger partial charge is 0.303 e. The number of carbonyl (C=O) groups is 1. The molecule has 0 amide bonds. The van der Waals surface area contributed by atoms with Crippen LogP contribution in [0.3, 0.4) is 0 Å². The Morgan fingerprint density at radius 3 is 2.74 bits per heavy atom. The number of H-pyrrole nitrogens is 1. The molecule has 0 atom stereocenters. The number of aromatic nitrogens is 2. The van der Waals surface area contributed by atoms with Gasteiger partial charge in [-0.25, -0.2) is 8.78 Å². The minimum Gasteiger partial charge on any atom is -0.481 e. The molecule has 1 aromatic carbocycles. The molecule has 0 aliphatic carbocycles. The van der Waals surface area contributed by atoms with Crippen molar-refractivity contribution < 1.29 is 18.7 Å². The van der Waals surface area contributed by atoms with Crippen LogP contribution in [0.4, 0.5) is 8.78 Å². The number of hydrogen-bond acceptors (Lipinski definition) is 2. The maximum absolute atomic E-state index is 13.2. The first kappa shape index (κ1) is 13.7. The number of carboxylic acid groups (broad SMARTS) is 1. The molecule has 0 aliphatic rings. The zero-order valence-corrected chi connectivity index (χ0v) is 11.2. The Morgan fingerprint density at radius 2 is 2.11 bits per heavy atom. The average Bonchev–Trinajstić information content (AvgIpc) is 2.72. The number of aromatic amines is 1. The lowest BCUT2D eigenvalue weighted by Gasteiger charge is -2.00. The minimum atomic E-state index is -0.959. The monoisotopic (exact) mass is 330 g/mol. The van der Waals surface area contributed by atoms with Crippen LogP contribution in [0.5, 0.6) is 0 Å². The standard InChI is InChI=1S/C12H9BrF2N2O2/c13-11-9(3-4-10(18)19)16-17-12(11)6-1-2-7(14)8(15)5-6/h1-2,5H,3-4H2,(H,16,17)(H,18,19). The summed E-state index contributed by atoms with van der Waals surface area (Å²) in [6.07, 6.45) is 0.227. The van der Waals surface area contributed by atoms with Gasteiger partial charge in [0.25, 0.3) is 0 Å². The average molecular weight is 331 g/mol. The molecule has 0 bridgehead atoms. The van der Waals surface area contributed by atoms with Crippen molar-refractivity contribution in [3.05, 3.63) is 40.0 Å². The van der Waals surface area contributed by atoms with Crippen LogP contribution in [0.2, 0.25) is 0 Å². The largest absolute Gasteiger partial charge is 0.481 e. The quantitative estimate of drug-likeness (QED) is 0.905. The molecule has 100 valence electrons. The number of halogens is 3. The molecule has 0 saturated carbocycles. The number of benzene rings is 1. The van der Waals surface area contributed by atoms with E-state index in [9.17, 15) is 13.6 Å². The molecule has 0 saturated heterocycles. The van der Waals surface area contributed by atoms with E-state index in [0.717, 1.165) is 12.1 Å². The van der Waals surface area contributed by atoms with Crippen LogP contribution >= 0.6 is 15.9 Å². The predicted molar refractivity (Wildman–Crippen MR) is 67.6 cm³/mol. The normalized spacial score (nSPS) is 10.7. The fourth-order valence-corrected chi connectivity index (χ4v) is 2.20. The Bertz CT molecular complexity index is 628. The minimum absolute atomic E-state index is 0.0436. The Balaban J connectivity index is 2.30. The van der Waals surface area contributed by atoms with Crippen molar-refractivity contribution in [1.29, 1.82) is 0 Å². The van der Waals surface area contributed by atoms with E-state index >= 15 is 0 Å². The Kier molecular flexibility index (Phi) is 3.94. The molecule has 2 rings (SSSR count). The molecule has 1 heterocycles. The molecule has 2 aromatic rings. The third-order valence-electron chi connectivity index (χ3n) is 2.56. The number of carboxylic acids is 1. The molecular weight excluding hydrogens is 322 g/mol. The van der Waals surface area contributed by atoms with E-state index in [1.54, 1.807) is 0 Å². The number of hydrogen-bond donors (Lipinski definition) is 2. The molecule has 7 heteroatoms. The summed E-state index contributed by atoms with van der Waals surface area (Å²) in [4.78, 5) is 10.5. The lowest BCUT2D eigenvalue weighted by atomic mass is 10.1. The maximum Gasteiger partial charge on any atom is 0.303 e. The van der Waals surface area contributed by atoms with Gasteiger partial charge in [-0.05, 0) is 34.1 Å². The lowest BCUT2D eigenvalue weighted by molar-refractivity contribution is -0.136. The molecule has 1 aromatic heterocycles. The second-order valence-corrected chi connectivity index (χ2v) is 4.68. The van der Waals surface area contributed by atoms with Gasteiger partial charge in [0.05, 0.1) is 16.6 Å². The van der Waals surface area contributed by atoms with E-state index in [2.05, 4.69) is 26.1 Å². The van der Waals surface area contributed by atoms with Gasteiger partial charge in [-0.3, -0.25) is 9.89 Å². The van der Waals surface area contributed by atoms with E-state index in [1.807, 2.05) is 0 Å². The van der Waals surface area contributed by atoms with Gasteiger partial charge in [-0.15, -0.1) is 0 Å². The topological polar surface area (TPSA) is 66.0 Å². The summed E-state index contributed by atoms with van der Waals surface area (Å²) in [5.74, 6) is -2.81. The fraction of sp³-hybridized carbons (Fsp3) is 0.167. The summed E-state index contributed by atoms with van der Waals surface area (Å²) >= 11 is 3.28. The van der Waals surface area contributed by atoms with Crippen LogP contribution in [0.15, 0.2) is 22.7 Å². The summed E-state index contributed by atoms with van der Waals surface area (Å²) in [7, 11) is 0. The summed E-state index contributed by atoms with van der Waals surface area (Å²) in [6, 6.07) is 3.46. The molecule has 0 radical (unpaired) electrons. The fourth-order valence-electron chi connectivity index (χ4n) is 1.60. The van der Waals surface area contributed by atoms with Crippen molar-refractivity contribution in [3.8, 4) is 11.3 Å². The number of aryl methyl sites for hydroxylation is 1. The molecule has 0 aliphatic heterocycles. The third kappa shape index (κ3) is 2.98. The maximum atomic E-state index is 13.2. The van der Waals surface area contributed by atoms with Crippen molar-refractivity contribution >= 4 is 21.9 Å². The molecule has 0 fully saturated rings. The van der Waals surface area contributed by atoms with Crippen LogP contribution in [-0.4, -0.2) is 21.3 Å². The highest BCUT2D eigenvalue weighted by atomic mass is 79.9. The van der Waals surface area contributed by atoms with E-state index in [-0.39, 0.29) is 12.8 Å². The molecular formula is C12H9BrF2N2O2. The highest BCUT2D eigenvalue weighted by Crippen LogP contribution is 2.30. The second-order valence-electron chi connectivity index (χ2n) is 3.89. The summed E-state index contributed by atoms with van der Waals surface area (Å²) < 4.78 is 26.6. The number of nitrogens with one attached hydrogen (secondary N) is 1. The van der Waals surface area contributed by atoms with Crippen molar-refractivity contribution in [2.24, 2.45) is 0 Å². The Labute approximate surface area is 115 Å². The van der Waals surface area contributed by atoms with Crippen molar-refractivity contribution in [1.82, 2.24) is 10.2 Å². The zero-order valence-electron chi connectivity index (χ0n) is 9.58. The third-order valence-corrected chi connectivity index (χ3v) is 3.41. The first-order chi connectivity index (χ1) is 8.99. The SMILES string of the molecule is O=C(O)CCc1[nH]nc(-c2ccc(F)c(F)c2)c1Br. The van der Waals surface area contributed by atoms with Crippen molar-refractivity contribution in [3.63, 3.8) is 0 Å². The van der Waals surface area contributed by atoms with E-state index in [0.29, 0.717) is 21.4 Å². The van der Waals surface area contributed by atoms with Crippen LogP contribution in [-0.2, 0) is 11.2 Å². The van der Waals surface area contributed by atoms with E-state index < -0.39 is 17.6 Å². The zero-order chi connectivity index (χ0) is 14.0. The lowest BCUT2D eigenvalue weighted by Crippen LogP contribution is -1.98. The summed E-state index contributed by atoms with van der Waals surface area (Å²) in [5, 5.41) is 15.3. The first-order valence-corrected chi connectivity index (χ1v) is 6.18. The summed E-state index contributed by atoms with van der Waals surface area (Å²) in [5.41, 5.74) is 1.42.